The molecule has 0 fully saturated rings. The summed E-state index contributed by atoms with van der Waals surface area (Å²) in [5.41, 5.74) is 1.63. The monoisotopic (exact) mass is 316 g/mol. The maximum absolute atomic E-state index is 10.6. The predicted octanol–water partition coefficient (Wildman–Crippen LogP) is 2.96. The SMILES string of the molecule is O=C(O)CCNc1cc(-n2ccnc2)c2ccc(Cl)cc2n1. The number of halogens is 1. The maximum Gasteiger partial charge on any atom is 0.305 e. The predicted molar refractivity (Wildman–Crippen MR) is 84.6 cm³/mol. The molecular weight excluding hydrogens is 304 g/mol. The number of carbonyl (C=O) groups is 1. The number of benzene rings is 1. The van der Waals surface area contributed by atoms with Crippen molar-refractivity contribution in [3.05, 3.63) is 48.0 Å². The minimum absolute atomic E-state index is 0.0235. The van der Waals surface area contributed by atoms with Crippen molar-refractivity contribution < 1.29 is 9.90 Å². The third-order valence-corrected chi connectivity index (χ3v) is 3.41. The number of aromatic nitrogens is 3. The molecule has 0 bridgehead atoms. The highest BCUT2D eigenvalue weighted by atomic mass is 35.5. The summed E-state index contributed by atoms with van der Waals surface area (Å²) in [5, 5.41) is 13.3. The number of pyridine rings is 1. The fourth-order valence-electron chi connectivity index (χ4n) is 2.19. The second-order valence-electron chi connectivity index (χ2n) is 4.73. The van der Waals surface area contributed by atoms with E-state index < -0.39 is 5.97 Å². The molecule has 1 aromatic carbocycles. The number of imidazole rings is 1. The Labute approximate surface area is 131 Å². The Bertz CT molecular complexity index is 818. The summed E-state index contributed by atoms with van der Waals surface area (Å²) < 4.78 is 1.88. The number of hydrogen-bond donors (Lipinski definition) is 2. The molecule has 2 N–H and O–H groups in total. The minimum Gasteiger partial charge on any atom is -0.481 e. The van der Waals surface area contributed by atoms with Crippen molar-refractivity contribution in [2.24, 2.45) is 0 Å². The summed E-state index contributed by atoms with van der Waals surface area (Å²) in [6.07, 6.45) is 5.25. The molecule has 3 aromatic rings. The number of carboxylic acids is 1. The third kappa shape index (κ3) is 3.01. The zero-order chi connectivity index (χ0) is 15.5. The number of fused-ring (bicyclic) bond motifs is 1. The highest BCUT2D eigenvalue weighted by Crippen LogP contribution is 2.26. The van der Waals surface area contributed by atoms with E-state index in [9.17, 15) is 4.79 Å². The third-order valence-electron chi connectivity index (χ3n) is 3.18. The first kappa shape index (κ1) is 14.3. The molecule has 0 unspecified atom stereocenters. The number of nitrogens with one attached hydrogen (secondary N) is 1. The van der Waals surface area contributed by atoms with Crippen LogP contribution in [0.25, 0.3) is 16.6 Å². The van der Waals surface area contributed by atoms with Crippen LogP contribution in [0.5, 0.6) is 0 Å². The van der Waals surface area contributed by atoms with E-state index in [0.717, 1.165) is 16.6 Å². The van der Waals surface area contributed by atoms with E-state index in [1.54, 1.807) is 18.6 Å². The van der Waals surface area contributed by atoms with E-state index in [4.69, 9.17) is 16.7 Å². The summed E-state index contributed by atoms with van der Waals surface area (Å²) in [4.78, 5) is 19.1. The van der Waals surface area contributed by atoms with Crippen LogP contribution in [0.3, 0.4) is 0 Å². The lowest BCUT2D eigenvalue weighted by molar-refractivity contribution is -0.136. The molecule has 22 heavy (non-hydrogen) atoms. The highest BCUT2D eigenvalue weighted by Gasteiger charge is 2.08. The molecule has 0 atom stereocenters. The van der Waals surface area contributed by atoms with Crippen LogP contribution in [-0.2, 0) is 4.79 Å². The Kier molecular flexibility index (Phi) is 3.93. The van der Waals surface area contributed by atoms with Crippen molar-refractivity contribution in [3.63, 3.8) is 0 Å². The van der Waals surface area contributed by atoms with Crippen LogP contribution in [0.4, 0.5) is 5.82 Å². The van der Waals surface area contributed by atoms with Crippen molar-refractivity contribution in [1.82, 2.24) is 14.5 Å². The number of aliphatic carboxylic acids is 1. The number of hydrogen-bond acceptors (Lipinski definition) is 4. The van der Waals surface area contributed by atoms with Crippen molar-refractivity contribution in [1.29, 1.82) is 0 Å². The number of anilines is 1. The van der Waals surface area contributed by atoms with E-state index >= 15 is 0 Å². The van der Waals surface area contributed by atoms with Gasteiger partial charge in [0.25, 0.3) is 0 Å². The Morgan fingerprint density at radius 2 is 2.23 bits per heavy atom. The van der Waals surface area contributed by atoms with Gasteiger partial charge >= 0.3 is 5.97 Å². The van der Waals surface area contributed by atoms with Gasteiger partial charge in [0.05, 0.1) is 24.0 Å². The Hall–Kier alpha value is -2.60. The molecule has 6 nitrogen and oxygen atoms in total. The van der Waals surface area contributed by atoms with Crippen LogP contribution in [0.1, 0.15) is 6.42 Å². The van der Waals surface area contributed by atoms with E-state index in [1.165, 1.54) is 0 Å². The van der Waals surface area contributed by atoms with Crippen molar-refractivity contribution in [2.75, 3.05) is 11.9 Å². The van der Waals surface area contributed by atoms with E-state index in [-0.39, 0.29) is 6.42 Å². The summed E-state index contributed by atoms with van der Waals surface area (Å²) in [6, 6.07) is 7.35. The van der Waals surface area contributed by atoms with Gasteiger partial charge in [-0.15, -0.1) is 0 Å². The van der Waals surface area contributed by atoms with E-state index in [1.807, 2.05) is 29.0 Å². The van der Waals surface area contributed by atoms with Gasteiger partial charge in [0.15, 0.2) is 0 Å². The highest BCUT2D eigenvalue weighted by molar-refractivity contribution is 6.31. The summed E-state index contributed by atoms with van der Waals surface area (Å²) in [7, 11) is 0. The van der Waals surface area contributed by atoms with E-state index in [2.05, 4.69) is 15.3 Å². The van der Waals surface area contributed by atoms with Crippen LogP contribution in [0, 0.1) is 0 Å². The smallest absolute Gasteiger partial charge is 0.305 e. The molecule has 0 saturated heterocycles. The molecule has 0 spiro atoms. The van der Waals surface area contributed by atoms with Crippen LogP contribution in [0.15, 0.2) is 43.0 Å². The molecule has 0 aliphatic rings. The van der Waals surface area contributed by atoms with Gasteiger partial charge in [-0.1, -0.05) is 11.6 Å². The molecule has 7 heteroatoms. The Balaban J connectivity index is 2.05. The number of nitrogens with zero attached hydrogens (tertiary/aromatic N) is 3. The zero-order valence-corrected chi connectivity index (χ0v) is 12.3. The molecule has 2 aromatic heterocycles. The second-order valence-corrected chi connectivity index (χ2v) is 5.16. The van der Waals surface area contributed by atoms with Crippen LogP contribution in [0.2, 0.25) is 5.02 Å². The molecule has 2 heterocycles. The summed E-state index contributed by atoms with van der Waals surface area (Å²) in [6.45, 7) is 0.303. The number of carboxylic acid groups (broad SMARTS) is 1. The molecular formula is C15H13ClN4O2. The number of rotatable bonds is 5. The maximum atomic E-state index is 10.6. The molecule has 0 aliphatic carbocycles. The largest absolute Gasteiger partial charge is 0.481 e. The lowest BCUT2D eigenvalue weighted by Crippen LogP contribution is -2.09. The van der Waals surface area contributed by atoms with Gasteiger partial charge in [-0.05, 0) is 18.2 Å². The van der Waals surface area contributed by atoms with Gasteiger partial charge in [-0.2, -0.15) is 0 Å². The first-order chi connectivity index (χ1) is 10.6. The van der Waals surface area contributed by atoms with Gasteiger partial charge in [-0.25, -0.2) is 9.97 Å². The van der Waals surface area contributed by atoms with Crippen molar-refractivity contribution in [2.45, 2.75) is 6.42 Å². The van der Waals surface area contributed by atoms with Gasteiger partial charge in [0.1, 0.15) is 5.82 Å². The van der Waals surface area contributed by atoms with Gasteiger partial charge < -0.3 is 15.0 Å². The quantitative estimate of drug-likeness (QED) is 0.756. The van der Waals surface area contributed by atoms with Crippen molar-refractivity contribution in [3.8, 4) is 5.69 Å². The lowest BCUT2D eigenvalue weighted by atomic mass is 10.2. The Morgan fingerprint density at radius 1 is 1.36 bits per heavy atom. The Morgan fingerprint density at radius 3 is 2.95 bits per heavy atom. The minimum atomic E-state index is -0.855. The zero-order valence-electron chi connectivity index (χ0n) is 11.5. The van der Waals surface area contributed by atoms with Crippen LogP contribution >= 0.6 is 11.6 Å². The normalized spacial score (nSPS) is 10.8. The topological polar surface area (TPSA) is 80.0 Å². The van der Waals surface area contributed by atoms with E-state index in [0.29, 0.717) is 17.4 Å². The van der Waals surface area contributed by atoms with Gasteiger partial charge in [0.2, 0.25) is 0 Å². The van der Waals surface area contributed by atoms with Crippen LogP contribution in [-0.4, -0.2) is 32.2 Å². The van der Waals surface area contributed by atoms with Crippen molar-refractivity contribution >= 4 is 34.3 Å². The molecule has 3 rings (SSSR count). The summed E-state index contributed by atoms with van der Waals surface area (Å²) >= 11 is 6.04. The lowest BCUT2D eigenvalue weighted by Gasteiger charge is -2.11. The first-order valence-electron chi connectivity index (χ1n) is 6.68. The molecule has 0 amide bonds. The van der Waals surface area contributed by atoms with Gasteiger partial charge in [0, 0.05) is 35.4 Å². The molecule has 112 valence electrons. The average molecular weight is 317 g/mol. The molecule has 0 saturated carbocycles. The average Bonchev–Trinajstić information content (AvgIpc) is 2.99. The standard InChI is InChI=1S/C15H13ClN4O2/c16-10-1-2-11-12(7-10)19-14(18-4-3-15(21)22)8-13(11)20-6-5-17-9-20/h1-2,5-9H,3-4H2,(H,18,19)(H,21,22). The fourth-order valence-corrected chi connectivity index (χ4v) is 2.35. The van der Waals surface area contributed by atoms with Crippen LogP contribution < -0.4 is 5.32 Å². The second kappa shape index (κ2) is 6.03. The van der Waals surface area contributed by atoms with Gasteiger partial charge in [-0.3, -0.25) is 4.79 Å². The molecule has 0 radical (unpaired) electrons. The summed E-state index contributed by atoms with van der Waals surface area (Å²) in [5.74, 6) is -0.258. The first-order valence-corrected chi connectivity index (χ1v) is 7.05. The fraction of sp³-hybridized carbons (Fsp3) is 0.133. The molecule has 0 aliphatic heterocycles.